The van der Waals surface area contributed by atoms with Gasteiger partial charge in [-0.15, -0.1) is 11.3 Å². The molecule has 0 radical (unpaired) electrons. The van der Waals surface area contributed by atoms with Crippen LogP contribution in [0.3, 0.4) is 0 Å². The van der Waals surface area contributed by atoms with Gasteiger partial charge in [-0.3, -0.25) is 9.88 Å². The van der Waals surface area contributed by atoms with E-state index in [-0.39, 0.29) is 13.2 Å². The molecule has 1 unspecified atom stereocenters. The van der Waals surface area contributed by atoms with E-state index >= 15 is 0 Å². The van der Waals surface area contributed by atoms with Crippen molar-refractivity contribution in [3.8, 4) is 0 Å². The van der Waals surface area contributed by atoms with Gasteiger partial charge in [0.2, 0.25) is 0 Å². The van der Waals surface area contributed by atoms with Crippen LogP contribution in [0.4, 0.5) is 4.79 Å². The van der Waals surface area contributed by atoms with E-state index in [9.17, 15) is 14.7 Å². The minimum Gasteiger partial charge on any atom is -0.479 e. The Balaban J connectivity index is 2.08. The number of hydrogen-bond donors (Lipinski definition) is 1. The summed E-state index contributed by atoms with van der Waals surface area (Å²) in [5.74, 6) is -1.11. The number of amides is 1. The third-order valence-electron chi connectivity index (χ3n) is 3.05. The molecule has 2 rings (SSSR count). The van der Waals surface area contributed by atoms with Crippen molar-refractivity contribution in [2.24, 2.45) is 0 Å². The number of thiazole rings is 1. The standard InChI is InChI=1S/C15H16N2O4S/c1-2-17(13(14(18)19)12-8-16-10-22-12)15(20)21-9-11-6-4-3-5-7-11/h3-8,10,13H,2,9H2,1H3,(H,18,19). The molecule has 1 amide bonds. The van der Waals surface area contributed by atoms with Crippen LogP contribution in [0.1, 0.15) is 23.4 Å². The largest absolute Gasteiger partial charge is 0.479 e. The summed E-state index contributed by atoms with van der Waals surface area (Å²) in [6.45, 7) is 2.04. The number of carboxylic acid groups (broad SMARTS) is 1. The monoisotopic (exact) mass is 320 g/mol. The molecule has 0 bridgehead atoms. The Bertz CT molecular complexity index is 616. The number of carbonyl (C=O) groups is 2. The van der Waals surface area contributed by atoms with Gasteiger partial charge in [-0.25, -0.2) is 9.59 Å². The molecule has 1 atom stereocenters. The molecule has 0 aliphatic rings. The number of carboxylic acids is 1. The van der Waals surface area contributed by atoms with Gasteiger partial charge in [0.1, 0.15) is 6.61 Å². The second kappa shape index (κ2) is 7.56. The van der Waals surface area contributed by atoms with Gasteiger partial charge in [0.05, 0.1) is 10.4 Å². The summed E-state index contributed by atoms with van der Waals surface area (Å²) in [6, 6.07) is 8.15. The van der Waals surface area contributed by atoms with Gasteiger partial charge in [-0.2, -0.15) is 0 Å². The summed E-state index contributed by atoms with van der Waals surface area (Å²) in [5, 5.41) is 9.41. The Labute approximate surface area is 132 Å². The quantitative estimate of drug-likeness (QED) is 0.885. The number of hydrogen-bond acceptors (Lipinski definition) is 5. The highest BCUT2D eigenvalue weighted by Crippen LogP contribution is 2.25. The summed E-state index contributed by atoms with van der Waals surface area (Å²) >= 11 is 1.19. The highest BCUT2D eigenvalue weighted by molar-refractivity contribution is 7.09. The van der Waals surface area contributed by atoms with Crippen LogP contribution in [0.5, 0.6) is 0 Å². The average molecular weight is 320 g/mol. The molecule has 1 aromatic heterocycles. The maximum absolute atomic E-state index is 12.2. The number of aromatic nitrogens is 1. The third kappa shape index (κ3) is 3.82. The molecule has 2 aromatic rings. The topological polar surface area (TPSA) is 79.7 Å². The summed E-state index contributed by atoms with van der Waals surface area (Å²) in [7, 11) is 0. The van der Waals surface area contributed by atoms with Crippen LogP contribution in [0, 0.1) is 0 Å². The molecule has 1 N–H and O–H groups in total. The van der Waals surface area contributed by atoms with Crippen molar-refractivity contribution in [1.82, 2.24) is 9.88 Å². The lowest BCUT2D eigenvalue weighted by Crippen LogP contribution is -2.38. The van der Waals surface area contributed by atoms with Crippen molar-refractivity contribution in [2.45, 2.75) is 19.6 Å². The number of nitrogens with zero attached hydrogens (tertiary/aromatic N) is 2. The Morgan fingerprint density at radius 2 is 2.09 bits per heavy atom. The highest BCUT2D eigenvalue weighted by Gasteiger charge is 2.32. The zero-order valence-corrected chi connectivity index (χ0v) is 12.8. The van der Waals surface area contributed by atoms with Gasteiger partial charge < -0.3 is 9.84 Å². The van der Waals surface area contributed by atoms with E-state index in [0.717, 1.165) is 5.56 Å². The third-order valence-corrected chi connectivity index (χ3v) is 3.87. The second-order valence-corrected chi connectivity index (χ2v) is 5.39. The van der Waals surface area contributed by atoms with E-state index in [1.807, 2.05) is 30.3 Å². The van der Waals surface area contributed by atoms with Crippen LogP contribution in [0.25, 0.3) is 0 Å². The molecule has 6 nitrogen and oxygen atoms in total. The molecule has 22 heavy (non-hydrogen) atoms. The predicted molar refractivity (Wildman–Crippen MR) is 81.5 cm³/mol. The summed E-state index contributed by atoms with van der Waals surface area (Å²) in [4.78, 5) is 29.3. The average Bonchev–Trinajstić information content (AvgIpc) is 3.04. The van der Waals surface area contributed by atoms with Crippen molar-refractivity contribution in [2.75, 3.05) is 6.54 Å². The first-order valence-electron chi connectivity index (χ1n) is 6.72. The van der Waals surface area contributed by atoms with Crippen LogP contribution >= 0.6 is 11.3 Å². The zero-order chi connectivity index (χ0) is 15.9. The van der Waals surface area contributed by atoms with Crippen LogP contribution in [-0.2, 0) is 16.1 Å². The Morgan fingerprint density at radius 3 is 2.64 bits per heavy atom. The molecule has 116 valence electrons. The number of benzene rings is 1. The van der Waals surface area contributed by atoms with E-state index in [0.29, 0.717) is 4.88 Å². The molecule has 0 saturated carbocycles. The number of rotatable bonds is 6. The predicted octanol–water partition coefficient (Wildman–Crippen LogP) is 2.93. The first-order chi connectivity index (χ1) is 10.6. The molecule has 0 aliphatic heterocycles. The minimum atomic E-state index is -1.11. The molecule has 0 fully saturated rings. The van der Waals surface area contributed by atoms with Crippen LogP contribution in [-0.4, -0.2) is 33.6 Å². The Hall–Kier alpha value is -2.41. The molecule has 0 saturated heterocycles. The Morgan fingerprint density at radius 1 is 1.36 bits per heavy atom. The van der Waals surface area contributed by atoms with Gasteiger partial charge in [-0.05, 0) is 12.5 Å². The first kappa shape index (κ1) is 16.0. The normalized spacial score (nSPS) is 11.7. The molecular formula is C15H16N2O4S. The zero-order valence-electron chi connectivity index (χ0n) is 12.0. The van der Waals surface area contributed by atoms with E-state index in [1.165, 1.54) is 27.9 Å². The smallest absolute Gasteiger partial charge is 0.411 e. The van der Waals surface area contributed by atoms with Crippen LogP contribution < -0.4 is 0 Å². The van der Waals surface area contributed by atoms with Crippen molar-refractivity contribution in [1.29, 1.82) is 0 Å². The lowest BCUT2D eigenvalue weighted by atomic mass is 10.2. The summed E-state index contributed by atoms with van der Waals surface area (Å²) < 4.78 is 5.22. The number of likely N-dealkylation sites (N-methyl/N-ethyl adjacent to an activating group) is 1. The number of aliphatic carboxylic acids is 1. The van der Waals surface area contributed by atoms with E-state index < -0.39 is 18.1 Å². The minimum absolute atomic E-state index is 0.102. The van der Waals surface area contributed by atoms with Gasteiger partial charge in [0.25, 0.3) is 0 Å². The molecule has 1 heterocycles. The van der Waals surface area contributed by atoms with E-state index in [1.54, 1.807) is 6.92 Å². The maximum atomic E-state index is 12.2. The van der Waals surface area contributed by atoms with Crippen molar-refractivity contribution >= 4 is 23.4 Å². The fraction of sp³-hybridized carbons (Fsp3) is 0.267. The molecule has 0 spiro atoms. The lowest BCUT2D eigenvalue weighted by Gasteiger charge is -2.26. The second-order valence-electron chi connectivity index (χ2n) is 4.47. The molecular weight excluding hydrogens is 304 g/mol. The fourth-order valence-electron chi connectivity index (χ4n) is 1.99. The fourth-order valence-corrected chi connectivity index (χ4v) is 2.71. The van der Waals surface area contributed by atoms with Crippen molar-refractivity contribution < 1.29 is 19.4 Å². The van der Waals surface area contributed by atoms with Gasteiger partial charge >= 0.3 is 12.1 Å². The molecule has 7 heteroatoms. The highest BCUT2D eigenvalue weighted by atomic mass is 32.1. The summed E-state index contributed by atoms with van der Waals surface area (Å²) in [5.41, 5.74) is 2.38. The van der Waals surface area contributed by atoms with Crippen LogP contribution in [0.15, 0.2) is 42.0 Å². The Kier molecular flexibility index (Phi) is 5.48. The van der Waals surface area contributed by atoms with Gasteiger partial charge in [-0.1, -0.05) is 30.3 Å². The van der Waals surface area contributed by atoms with Crippen molar-refractivity contribution in [3.63, 3.8) is 0 Å². The SMILES string of the molecule is CCN(C(=O)OCc1ccccc1)C(C(=O)O)c1cncs1. The first-order valence-corrected chi connectivity index (χ1v) is 7.60. The van der Waals surface area contributed by atoms with E-state index in [2.05, 4.69) is 4.98 Å². The van der Waals surface area contributed by atoms with E-state index in [4.69, 9.17) is 4.74 Å². The molecule has 1 aromatic carbocycles. The van der Waals surface area contributed by atoms with Gasteiger partial charge in [0.15, 0.2) is 6.04 Å². The van der Waals surface area contributed by atoms with Crippen molar-refractivity contribution in [3.05, 3.63) is 52.5 Å². The van der Waals surface area contributed by atoms with Crippen LogP contribution in [0.2, 0.25) is 0 Å². The number of ether oxygens (including phenoxy) is 1. The maximum Gasteiger partial charge on any atom is 0.411 e. The van der Waals surface area contributed by atoms with Gasteiger partial charge in [0, 0.05) is 12.7 Å². The number of carbonyl (C=O) groups excluding carboxylic acids is 1. The lowest BCUT2D eigenvalue weighted by molar-refractivity contribution is -0.142. The molecule has 0 aliphatic carbocycles. The summed E-state index contributed by atoms with van der Waals surface area (Å²) in [6.07, 6.45) is 0.795.